The highest BCUT2D eigenvalue weighted by atomic mass is 16.4. The highest BCUT2D eigenvalue weighted by molar-refractivity contribution is 5.71. The second-order valence-corrected chi connectivity index (χ2v) is 3.31. The number of carbonyl (C=O) groups is 1. The Kier molecular flexibility index (Phi) is 3.51. The molecule has 0 bridgehead atoms. The predicted octanol–water partition coefficient (Wildman–Crippen LogP) is 2.05. The molecule has 0 spiro atoms. The number of anilines is 1. The van der Waals surface area contributed by atoms with Gasteiger partial charge in [0.1, 0.15) is 0 Å². The molecule has 0 heterocycles. The SMILES string of the molecule is CCNc1cc(C)cc(CC(=O)O)c1. The lowest BCUT2D eigenvalue weighted by molar-refractivity contribution is -0.136. The van der Waals surface area contributed by atoms with Crippen molar-refractivity contribution in [2.45, 2.75) is 20.3 Å². The van der Waals surface area contributed by atoms with E-state index in [0.717, 1.165) is 23.4 Å². The number of aryl methyl sites for hydroxylation is 1. The average molecular weight is 193 g/mol. The summed E-state index contributed by atoms with van der Waals surface area (Å²) in [5.41, 5.74) is 2.91. The fourth-order valence-corrected chi connectivity index (χ4v) is 1.45. The first-order valence-corrected chi connectivity index (χ1v) is 4.68. The monoisotopic (exact) mass is 193 g/mol. The predicted molar refractivity (Wildman–Crippen MR) is 56.7 cm³/mol. The van der Waals surface area contributed by atoms with Gasteiger partial charge in [0, 0.05) is 12.2 Å². The van der Waals surface area contributed by atoms with E-state index in [9.17, 15) is 4.79 Å². The molecule has 1 rings (SSSR count). The lowest BCUT2D eigenvalue weighted by Gasteiger charge is -2.07. The van der Waals surface area contributed by atoms with E-state index in [1.807, 2.05) is 32.0 Å². The van der Waals surface area contributed by atoms with Gasteiger partial charge in [0.15, 0.2) is 0 Å². The van der Waals surface area contributed by atoms with Gasteiger partial charge < -0.3 is 10.4 Å². The van der Waals surface area contributed by atoms with Crippen LogP contribution in [0.3, 0.4) is 0 Å². The van der Waals surface area contributed by atoms with Crippen LogP contribution in [0.25, 0.3) is 0 Å². The quantitative estimate of drug-likeness (QED) is 0.769. The molecular formula is C11H15NO2. The minimum atomic E-state index is -0.793. The molecule has 0 unspecified atom stereocenters. The number of carboxylic acid groups (broad SMARTS) is 1. The molecule has 1 aromatic rings. The van der Waals surface area contributed by atoms with E-state index in [1.54, 1.807) is 0 Å². The minimum Gasteiger partial charge on any atom is -0.481 e. The number of rotatable bonds is 4. The second kappa shape index (κ2) is 4.65. The highest BCUT2D eigenvalue weighted by Crippen LogP contribution is 2.14. The summed E-state index contributed by atoms with van der Waals surface area (Å²) in [4.78, 5) is 10.5. The summed E-state index contributed by atoms with van der Waals surface area (Å²) >= 11 is 0. The number of nitrogens with one attached hydrogen (secondary N) is 1. The van der Waals surface area contributed by atoms with Crippen molar-refractivity contribution < 1.29 is 9.90 Å². The van der Waals surface area contributed by atoms with Crippen LogP contribution in [0, 0.1) is 6.92 Å². The molecule has 0 fully saturated rings. The van der Waals surface area contributed by atoms with Crippen molar-refractivity contribution in [2.75, 3.05) is 11.9 Å². The third-order valence-corrected chi connectivity index (χ3v) is 1.87. The van der Waals surface area contributed by atoms with E-state index in [1.165, 1.54) is 0 Å². The van der Waals surface area contributed by atoms with Crippen molar-refractivity contribution in [3.8, 4) is 0 Å². The molecule has 0 atom stereocenters. The molecule has 0 aliphatic carbocycles. The molecular weight excluding hydrogens is 178 g/mol. The van der Waals surface area contributed by atoms with Crippen molar-refractivity contribution in [3.05, 3.63) is 29.3 Å². The Morgan fingerprint density at radius 2 is 2.14 bits per heavy atom. The molecule has 0 aromatic heterocycles. The standard InChI is InChI=1S/C11H15NO2/c1-3-12-10-5-8(2)4-9(6-10)7-11(13)14/h4-6,12H,3,7H2,1-2H3,(H,13,14). The Morgan fingerprint density at radius 1 is 1.43 bits per heavy atom. The van der Waals surface area contributed by atoms with Gasteiger partial charge >= 0.3 is 5.97 Å². The summed E-state index contributed by atoms with van der Waals surface area (Å²) in [6.45, 7) is 4.82. The third kappa shape index (κ3) is 3.09. The minimum absolute atomic E-state index is 0.0834. The van der Waals surface area contributed by atoms with Crippen LogP contribution in [0.4, 0.5) is 5.69 Å². The normalized spacial score (nSPS) is 9.86. The summed E-state index contributed by atoms with van der Waals surface area (Å²) in [7, 11) is 0. The molecule has 14 heavy (non-hydrogen) atoms. The van der Waals surface area contributed by atoms with E-state index in [2.05, 4.69) is 5.32 Å². The third-order valence-electron chi connectivity index (χ3n) is 1.87. The summed E-state index contributed by atoms with van der Waals surface area (Å²) in [5, 5.41) is 11.8. The number of hydrogen-bond donors (Lipinski definition) is 2. The van der Waals surface area contributed by atoms with E-state index < -0.39 is 5.97 Å². The lowest BCUT2D eigenvalue weighted by Crippen LogP contribution is -2.02. The molecule has 3 heteroatoms. The van der Waals surface area contributed by atoms with Crippen molar-refractivity contribution in [2.24, 2.45) is 0 Å². The van der Waals surface area contributed by atoms with Gasteiger partial charge in [0.25, 0.3) is 0 Å². The van der Waals surface area contributed by atoms with Crippen LogP contribution < -0.4 is 5.32 Å². The Bertz CT molecular complexity index is 334. The van der Waals surface area contributed by atoms with Crippen LogP contribution in [0.5, 0.6) is 0 Å². The van der Waals surface area contributed by atoms with E-state index >= 15 is 0 Å². The average Bonchev–Trinajstić information content (AvgIpc) is 2.01. The lowest BCUT2D eigenvalue weighted by atomic mass is 10.1. The Balaban J connectivity index is 2.88. The van der Waals surface area contributed by atoms with Crippen LogP contribution in [0.15, 0.2) is 18.2 Å². The van der Waals surface area contributed by atoms with E-state index in [-0.39, 0.29) is 6.42 Å². The van der Waals surface area contributed by atoms with Crippen LogP contribution in [0.1, 0.15) is 18.1 Å². The van der Waals surface area contributed by atoms with Gasteiger partial charge in [-0.05, 0) is 37.1 Å². The first-order chi connectivity index (χ1) is 6.61. The van der Waals surface area contributed by atoms with Crippen molar-refractivity contribution in [3.63, 3.8) is 0 Å². The molecule has 2 N–H and O–H groups in total. The summed E-state index contributed by atoms with van der Waals surface area (Å²) in [5.74, 6) is -0.793. The molecule has 0 saturated carbocycles. The maximum Gasteiger partial charge on any atom is 0.307 e. The van der Waals surface area contributed by atoms with Crippen LogP contribution in [0.2, 0.25) is 0 Å². The molecule has 3 nitrogen and oxygen atoms in total. The maximum absolute atomic E-state index is 10.5. The Hall–Kier alpha value is -1.51. The van der Waals surface area contributed by atoms with Gasteiger partial charge in [0.05, 0.1) is 6.42 Å². The Labute approximate surface area is 83.8 Å². The largest absolute Gasteiger partial charge is 0.481 e. The van der Waals surface area contributed by atoms with Gasteiger partial charge in [-0.15, -0.1) is 0 Å². The first-order valence-electron chi connectivity index (χ1n) is 4.68. The van der Waals surface area contributed by atoms with Gasteiger partial charge in [-0.1, -0.05) is 6.07 Å². The number of carboxylic acids is 1. The molecule has 0 radical (unpaired) electrons. The Morgan fingerprint density at radius 3 is 2.71 bits per heavy atom. The smallest absolute Gasteiger partial charge is 0.307 e. The van der Waals surface area contributed by atoms with Crippen LogP contribution in [-0.2, 0) is 11.2 Å². The van der Waals surface area contributed by atoms with Gasteiger partial charge in [-0.25, -0.2) is 0 Å². The van der Waals surface area contributed by atoms with Gasteiger partial charge in [-0.3, -0.25) is 4.79 Å². The summed E-state index contributed by atoms with van der Waals surface area (Å²) < 4.78 is 0. The van der Waals surface area contributed by atoms with Crippen LogP contribution >= 0.6 is 0 Å². The van der Waals surface area contributed by atoms with Gasteiger partial charge in [-0.2, -0.15) is 0 Å². The molecule has 0 aliphatic rings. The second-order valence-electron chi connectivity index (χ2n) is 3.31. The number of benzene rings is 1. The molecule has 0 saturated heterocycles. The fraction of sp³-hybridized carbons (Fsp3) is 0.364. The maximum atomic E-state index is 10.5. The first kappa shape index (κ1) is 10.6. The molecule has 0 aliphatic heterocycles. The molecule has 0 amide bonds. The van der Waals surface area contributed by atoms with E-state index in [0.29, 0.717) is 0 Å². The highest BCUT2D eigenvalue weighted by Gasteiger charge is 2.02. The topological polar surface area (TPSA) is 49.3 Å². The van der Waals surface area contributed by atoms with Crippen molar-refractivity contribution >= 4 is 11.7 Å². The van der Waals surface area contributed by atoms with Crippen molar-refractivity contribution in [1.29, 1.82) is 0 Å². The number of aliphatic carboxylic acids is 1. The fourth-order valence-electron chi connectivity index (χ4n) is 1.45. The number of hydrogen-bond acceptors (Lipinski definition) is 2. The zero-order valence-corrected chi connectivity index (χ0v) is 8.50. The van der Waals surface area contributed by atoms with Crippen molar-refractivity contribution in [1.82, 2.24) is 0 Å². The van der Waals surface area contributed by atoms with Crippen LogP contribution in [-0.4, -0.2) is 17.6 Å². The summed E-state index contributed by atoms with van der Waals surface area (Å²) in [6.07, 6.45) is 0.0834. The zero-order chi connectivity index (χ0) is 10.6. The summed E-state index contributed by atoms with van der Waals surface area (Å²) in [6, 6.07) is 5.79. The zero-order valence-electron chi connectivity index (χ0n) is 8.50. The molecule has 76 valence electrons. The van der Waals surface area contributed by atoms with E-state index in [4.69, 9.17) is 5.11 Å². The van der Waals surface area contributed by atoms with Gasteiger partial charge in [0.2, 0.25) is 0 Å². The molecule has 1 aromatic carbocycles.